The van der Waals surface area contributed by atoms with E-state index in [1.54, 1.807) is 0 Å². The first-order valence-corrected chi connectivity index (χ1v) is 6.61. The van der Waals surface area contributed by atoms with E-state index in [4.69, 9.17) is 0 Å². The normalized spacial score (nSPS) is 15.2. The van der Waals surface area contributed by atoms with Gasteiger partial charge in [-0.1, -0.05) is 6.92 Å². The first-order valence-electron chi connectivity index (χ1n) is 6.61. The molecule has 0 aromatic carbocycles. The largest absolute Gasteiger partial charge is 0.401 e. The molecule has 0 saturated heterocycles. The van der Waals surface area contributed by atoms with Crippen molar-refractivity contribution < 1.29 is 13.2 Å². The summed E-state index contributed by atoms with van der Waals surface area (Å²) in [4.78, 5) is 1.52. The lowest BCUT2D eigenvalue weighted by molar-refractivity contribution is -0.150. The molecule has 0 aliphatic carbocycles. The minimum Gasteiger partial charge on any atom is -0.312 e. The molecule has 1 atom stereocenters. The molecular formula is C13H27F3N2. The molecule has 0 aliphatic heterocycles. The van der Waals surface area contributed by atoms with E-state index in [9.17, 15) is 13.2 Å². The number of rotatable bonds is 7. The highest BCUT2D eigenvalue weighted by atomic mass is 19.4. The van der Waals surface area contributed by atoms with Crippen LogP contribution in [0.25, 0.3) is 0 Å². The standard InChI is InChI=1S/C13H27F3N2/c1-6-9-18(10-13(14,15)16)11(2)7-8-17-12(3,4)5/h11,17H,6-10H2,1-5H3. The monoisotopic (exact) mass is 268 g/mol. The maximum atomic E-state index is 12.4. The lowest BCUT2D eigenvalue weighted by atomic mass is 10.1. The molecule has 0 aliphatic rings. The molecule has 18 heavy (non-hydrogen) atoms. The summed E-state index contributed by atoms with van der Waals surface area (Å²) < 4.78 is 37.3. The predicted molar refractivity (Wildman–Crippen MR) is 69.8 cm³/mol. The SMILES string of the molecule is CCCN(CC(F)(F)F)C(C)CCNC(C)(C)C. The maximum absolute atomic E-state index is 12.4. The van der Waals surface area contributed by atoms with Gasteiger partial charge in [-0.25, -0.2) is 0 Å². The van der Waals surface area contributed by atoms with Crippen LogP contribution in [0.4, 0.5) is 13.2 Å². The summed E-state index contributed by atoms with van der Waals surface area (Å²) in [5.41, 5.74) is 0.0132. The van der Waals surface area contributed by atoms with Crippen molar-refractivity contribution in [1.29, 1.82) is 0 Å². The van der Waals surface area contributed by atoms with Crippen LogP contribution in [0.3, 0.4) is 0 Å². The van der Waals surface area contributed by atoms with Gasteiger partial charge in [-0.05, 0) is 53.6 Å². The third kappa shape index (κ3) is 9.71. The van der Waals surface area contributed by atoms with Gasteiger partial charge in [0.05, 0.1) is 6.54 Å². The van der Waals surface area contributed by atoms with Crippen molar-refractivity contribution in [3.05, 3.63) is 0 Å². The number of alkyl halides is 3. The number of nitrogens with zero attached hydrogens (tertiary/aromatic N) is 1. The summed E-state index contributed by atoms with van der Waals surface area (Å²) in [5, 5.41) is 3.30. The fourth-order valence-corrected chi connectivity index (χ4v) is 1.81. The van der Waals surface area contributed by atoms with Crippen LogP contribution in [0.1, 0.15) is 47.5 Å². The van der Waals surface area contributed by atoms with Crippen molar-refractivity contribution in [2.75, 3.05) is 19.6 Å². The van der Waals surface area contributed by atoms with Crippen LogP contribution in [-0.2, 0) is 0 Å². The molecule has 0 amide bonds. The molecular weight excluding hydrogens is 241 g/mol. The summed E-state index contributed by atoms with van der Waals surface area (Å²) in [6, 6.07) is -0.0542. The molecule has 1 N–H and O–H groups in total. The van der Waals surface area contributed by atoms with Crippen LogP contribution in [-0.4, -0.2) is 42.3 Å². The number of hydrogen-bond donors (Lipinski definition) is 1. The molecule has 1 unspecified atom stereocenters. The highest BCUT2D eigenvalue weighted by Crippen LogP contribution is 2.19. The van der Waals surface area contributed by atoms with E-state index < -0.39 is 12.7 Å². The third-order valence-corrected chi connectivity index (χ3v) is 2.73. The van der Waals surface area contributed by atoms with Crippen LogP contribution in [0, 0.1) is 0 Å². The van der Waals surface area contributed by atoms with Crippen LogP contribution in [0.5, 0.6) is 0 Å². The molecule has 0 saturated carbocycles. The molecule has 0 spiro atoms. The zero-order valence-electron chi connectivity index (χ0n) is 12.2. The Labute approximate surface area is 109 Å². The van der Waals surface area contributed by atoms with Crippen molar-refractivity contribution in [2.24, 2.45) is 0 Å². The van der Waals surface area contributed by atoms with Crippen molar-refractivity contribution in [2.45, 2.75) is 65.2 Å². The summed E-state index contributed by atoms with van der Waals surface area (Å²) in [7, 11) is 0. The van der Waals surface area contributed by atoms with E-state index in [2.05, 4.69) is 26.1 Å². The summed E-state index contributed by atoms with van der Waals surface area (Å²) in [5.74, 6) is 0. The first kappa shape index (κ1) is 17.7. The Balaban J connectivity index is 4.18. The van der Waals surface area contributed by atoms with Crippen molar-refractivity contribution >= 4 is 0 Å². The van der Waals surface area contributed by atoms with Crippen molar-refractivity contribution in [3.8, 4) is 0 Å². The molecule has 0 rings (SSSR count). The van der Waals surface area contributed by atoms with Crippen LogP contribution < -0.4 is 5.32 Å². The van der Waals surface area contributed by atoms with Gasteiger partial charge in [0.2, 0.25) is 0 Å². The van der Waals surface area contributed by atoms with E-state index in [-0.39, 0.29) is 11.6 Å². The van der Waals surface area contributed by atoms with Gasteiger partial charge in [0, 0.05) is 11.6 Å². The fourth-order valence-electron chi connectivity index (χ4n) is 1.81. The van der Waals surface area contributed by atoms with Gasteiger partial charge in [0.15, 0.2) is 0 Å². The van der Waals surface area contributed by atoms with Gasteiger partial charge >= 0.3 is 6.18 Å². The smallest absolute Gasteiger partial charge is 0.312 e. The highest BCUT2D eigenvalue weighted by Gasteiger charge is 2.32. The average molecular weight is 268 g/mol. The number of halogens is 3. The van der Waals surface area contributed by atoms with E-state index in [1.807, 2.05) is 13.8 Å². The van der Waals surface area contributed by atoms with Crippen molar-refractivity contribution in [3.63, 3.8) is 0 Å². The summed E-state index contributed by atoms with van der Waals surface area (Å²) in [6.07, 6.45) is -2.64. The van der Waals surface area contributed by atoms with Gasteiger partial charge in [-0.2, -0.15) is 13.2 Å². The van der Waals surface area contributed by atoms with E-state index >= 15 is 0 Å². The maximum Gasteiger partial charge on any atom is 0.401 e. The lowest BCUT2D eigenvalue weighted by Gasteiger charge is -2.30. The zero-order chi connectivity index (χ0) is 14.4. The van der Waals surface area contributed by atoms with E-state index in [0.29, 0.717) is 6.54 Å². The number of hydrogen-bond acceptors (Lipinski definition) is 2. The highest BCUT2D eigenvalue weighted by molar-refractivity contribution is 4.75. The summed E-state index contributed by atoms with van der Waals surface area (Å²) >= 11 is 0. The second-order valence-corrected chi connectivity index (χ2v) is 5.90. The van der Waals surface area contributed by atoms with Crippen LogP contribution in [0.15, 0.2) is 0 Å². The molecule has 0 aromatic rings. The quantitative estimate of drug-likeness (QED) is 0.761. The van der Waals surface area contributed by atoms with Gasteiger partial charge in [0.1, 0.15) is 0 Å². The lowest BCUT2D eigenvalue weighted by Crippen LogP contribution is -2.44. The number of nitrogens with one attached hydrogen (secondary N) is 1. The Hall–Kier alpha value is -0.290. The minimum absolute atomic E-state index is 0.0132. The van der Waals surface area contributed by atoms with Crippen LogP contribution in [0.2, 0.25) is 0 Å². The molecule has 5 heteroatoms. The predicted octanol–water partition coefficient (Wildman–Crippen LogP) is 3.43. The van der Waals surface area contributed by atoms with Gasteiger partial charge < -0.3 is 5.32 Å². The molecule has 0 radical (unpaired) electrons. The Morgan fingerprint density at radius 2 is 1.72 bits per heavy atom. The fraction of sp³-hybridized carbons (Fsp3) is 1.00. The molecule has 0 aromatic heterocycles. The molecule has 110 valence electrons. The molecule has 0 fully saturated rings. The molecule has 0 bridgehead atoms. The van der Waals surface area contributed by atoms with Gasteiger partial charge in [-0.15, -0.1) is 0 Å². The second-order valence-electron chi connectivity index (χ2n) is 5.90. The van der Waals surface area contributed by atoms with E-state index in [0.717, 1.165) is 19.4 Å². The van der Waals surface area contributed by atoms with Crippen molar-refractivity contribution in [1.82, 2.24) is 10.2 Å². The first-order chi connectivity index (χ1) is 8.05. The van der Waals surface area contributed by atoms with Gasteiger partial charge in [-0.3, -0.25) is 4.90 Å². The Bertz CT molecular complexity index is 221. The Kier molecular flexibility index (Phi) is 7.22. The molecule has 2 nitrogen and oxygen atoms in total. The Morgan fingerprint density at radius 3 is 2.11 bits per heavy atom. The third-order valence-electron chi connectivity index (χ3n) is 2.73. The average Bonchev–Trinajstić information content (AvgIpc) is 2.12. The second kappa shape index (κ2) is 7.34. The topological polar surface area (TPSA) is 15.3 Å². The Morgan fingerprint density at radius 1 is 1.17 bits per heavy atom. The van der Waals surface area contributed by atoms with E-state index in [1.165, 1.54) is 4.90 Å². The van der Waals surface area contributed by atoms with Gasteiger partial charge in [0.25, 0.3) is 0 Å². The van der Waals surface area contributed by atoms with Crippen LogP contribution >= 0.6 is 0 Å². The summed E-state index contributed by atoms with van der Waals surface area (Å²) in [6.45, 7) is 10.4. The minimum atomic E-state index is -4.11. The zero-order valence-corrected chi connectivity index (χ0v) is 12.2. The molecule has 0 heterocycles.